The van der Waals surface area contributed by atoms with E-state index in [4.69, 9.17) is 9.72 Å². The summed E-state index contributed by atoms with van der Waals surface area (Å²) in [7, 11) is 1.74. The van der Waals surface area contributed by atoms with Crippen molar-refractivity contribution in [2.24, 2.45) is 0 Å². The van der Waals surface area contributed by atoms with Crippen LogP contribution in [0.15, 0.2) is 24.3 Å². The van der Waals surface area contributed by atoms with Gasteiger partial charge in [-0.3, -0.25) is 0 Å². The second-order valence-electron chi connectivity index (χ2n) is 4.81. The minimum atomic E-state index is 0.393. The van der Waals surface area contributed by atoms with E-state index in [1.807, 2.05) is 6.07 Å². The number of methoxy groups -OCH3 is 1. The summed E-state index contributed by atoms with van der Waals surface area (Å²) in [6.45, 7) is 7.84. The molecule has 0 radical (unpaired) electrons. The second-order valence-corrected chi connectivity index (χ2v) is 4.81. The number of benzene rings is 1. The lowest BCUT2D eigenvalue weighted by molar-refractivity contribution is 0.187. The van der Waals surface area contributed by atoms with Crippen LogP contribution < -0.4 is 5.32 Å². The van der Waals surface area contributed by atoms with Gasteiger partial charge in [0.25, 0.3) is 0 Å². The monoisotopic (exact) mass is 261 g/mol. The molecule has 2 aromatic rings. The van der Waals surface area contributed by atoms with E-state index in [2.05, 4.69) is 41.9 Å². The van der Waals surface area contributed by atoms with Gasteiger partial charge in [0.2, 0.25) is 0 Å². The van der Waals surface area contributed by atoms with Crippen molar-refractivity contribution in [1.82, 2.24) is 14.9 Å². The molecule has 0 fully saturated rings. The van der Waals surface area contributed by atoms with Crippen LogP contribution in [-0.2, 0) is 11.3 Å². The number of hydrogen-bond acceptors (Lipinski definition) is 3. The molecule has 0 saturated carbocycles. The second kappa shape index (κ2) is 6.68. The zero-order valence-corrected chi connectivity index (χ0v) is 12.0. The normalized spacial score (nSPS) is 13.0. The largest absolute Gasteiger partial charge is 0.383 e. The topological polar surface area (TPSA) is 39.1 Å². The van der Waals surface area contributed by atoms with Crippen molar-refractivity contribution in [3.63, 3.8) is 0 Å². The average Bonchev–Trinajstić information content (AvgIpc) is 2.81. The van der Waals surface area contributed by atoms with E-state index in [-0.39, 0.29) is 0 Å². The molecular weight excluding hydrogens is 238 g/mol. The predicted octanol–water partition coefficient (Wildman–Crippen LogP) is 2.40. The molecule has 0 amide bonds. The van der Waals surface area contributed by atoms with E-state index in [1.54, 1.807) is 7.11 Å². The fourth-order valence-electron chi connectivity index (χ4n) is 2.34. The van der Waals surface area contributed by atoms with Crippen molar-refractivity contribution in [2.45, 2.75) is 26.3 Å². The fourth-order valence-corrected chi connectivity index (χ4v) is 2.34. The Hall–Kier alpha value is -1.39. The van der Waals surface area contributed by atoms with Crippen LogP contribution in [0.5, 0.6) is 0 Å². The Bertz CT molecular complexity index is 521. The van der Waals surface area contributed by atoms with Gasteiger partial charge in [0.1, 0.15) is 5.82 Å². The summed E-state index contributed by atoms with van der Waals surface area (Å²) in [5.41, 5.74) is 2.26. The maximum Gasteiger partial charge on any atom is 0.114 e. The molecule has 1 atom stereocenters. The Morgan fingerprint density at radius 1 is 1.37 bits per heavy atom. The summed E-state index contributed by atoms with van der Waals surface area (Å²) in [6, 6.07) is 8.30. The molecule has 1 heterocycles. The number of para-hydroxylation sites is 2. The van der Waals surface area contributed by atoms with Crippen molar-refractivity contribution >= 4 is 11.0 Å². The lowest BCUT2D eigenvalue weighted by atomic mass is 10.1. The van der Waals surface area contributed by atoms with E-state index in [9.17, 15) is 0 Å². The van der Waals surface area contributed by atoms with Crippen LogP contribution in [0.25, 0.3) is 11.0 Å². The van der Waals surface area contributed by atoms with Crippen molar-refractivity contribution in [3.8, 4) is 0 Å². The first-order valence-corrected chi connectivity index (χ1v) is 6.92. The molecular formula is C15H23N3O. The molecule has 1 aromatic heterocycles. The highest BCUT2D eigenvalue weighted by atomic mass is 16.5. The van der Waals surface area contributed by atoms with Gasteiger partial charge in [0, 0.05) is 26.1 Å². The predicted molar refractivity (Wildman–Crippen MR) is 78.6 cm³/mol. The Kier molecular flexibility index (Phi) is 4.93. The van der Waals surface area contributed by atoms with Gasteiger partial charge < -0.3 is 14.6 Å². The van der Waals surface area contributed by atoms with Crippen molar-refractivity contribution in [1.29, 1.82) is 0 Å². The number of likely N-dealkylation sites (N-methyl/N-ethyl adjacent to an activating group) is 1. The zero-order valence-electron chi connectivity index (χ0n) is 12.0. The van der Waals surface area contributed by atoms with Crippen LogP contribution in [0.4, 0.5) is 0 Å². The summed E-state index contributed by atoms with van der Waals surface area (Å²) >= 11 is 0. The quantitative estimate of drug-likeness (QED) is 0.832. The lowest BCUT2D eigenvalue weighted by Crippen LogP contribution is -2.22. The van der Waals surface area contributed by atoms with Crippen LogP contribution in [-0.4, -0.2) is 36.4 Å². The third-order valence-electron chi connectivity index (χ3n) is 3.34. The molecule has 0 spiro atoms. The van der Waals surface area contributed by atoms with Gasteiger partial charge in [0.05, 0.1) is 17.6 Å². The molecule has 0 saturated heterocycles. The highest BCUT2D eigenvalue weighted by molar-refractivity contribution is 5.76. The van der Waals surface area contributed by atoms with Gasteiger partial charge in [-0.1, -0.05) is 26.0 Å². The first-order valence-electron chi connectivity index (χ1n) is 6.92. The zero-order chi connectivity index (χ0) is 13.7. The third kappa shape index (κ3) is 3.14. The molecule has 1 aromatic carbocycles. The maximum absolute atomic E-state index is 5.22. The number of hydrogen-bond donors (Lipinski definition) is 1. The minimum absolute atomic E-state index is 0.393. The fraction of sp³-hybridized carbons (Fsp3) is 0.533. The van der Waals surface area contributed by atoms with E-state index in [1.165, 1.54) is 5.52 Å². The van der Waals surface area contributed by atoms with Crippen molar-refractivity contribution in [3.05, 3.63) is 30.1 Å². The smallest absolute Gasteiger partial charge is 0.114 e. The van der Waals surface area contributed by atoms with Crippen LogP contribution in [0.3, 0.4) is 0 Å². The summed E-state index contributed by atoms with van der Waals surface area (Å²) in [5, 5.41) is 3.39. The summed E-state index contributed by atoms with van der Waals surface area (Å²) in [6.07, 6.45) is 0. The molecule has 104 valence electrons. The summed E-state index contributed by atoms with van der Waals surface area (Å²) in [4.78, 5) is 4.79. The number of aromatic nitrogens is 2. The van der Waals surface area contributed by atoms with Crippen molar-refractivity contribution in [2.75, 3.05) is 26.8 Å². The lowest BCUT2D eigenvalue weighted by Gasteiger charge is -2.14. The third-order valence-corrected chi connectivity index (χ3v) is 3.34. The van der Waals surface area contributed by atoms with Gasteiger partial charge in [-0.05, 0) is 18.7 Å². The highest BCUT2D eigenvalue weighted by Crippen LogP contribution is 2.21. The number of fused-ring (bicyclic) bond motifs is 1. The van der Waals surface area contributed by atoms with E-state index in [0.29, 0.717) is 12.5 Å². The van der Waals surface area contributed by atoms with Crippen molar-refractivity contribution < 1.29 is 4.74 Å². The molecule has 4 nitrogen and oxygen atoms in total. The van der Waals surface area contributed by atoms with Crippen LogP contribution in [0.1, 0.15) is 25.6 Å². The Balaban J connectivity index is 2.34. The molecule has 19 heavy (non-hydrogen) atoms. The summed E-state index contributed by atoms with van der Waals surface area (Å²) < 4.78 is 7.49. The molecule has 1 unspecified atom stereocenters. The molecule has 0 aliphatic carbocycles. The standard InChI is InChI=1S/C15H23N3O/c1-4-16-11-12(2)15-17-13-7-5-6-8-14(13)18(15)9-10-19-3/h5-8,12,16H,4,9-11H2,1-3H3. The molecule has 0 aliphatic heterocycles. The van der Waals surface area contributed by atoms with Gasteiger partial charge >= 0.3 is 0 Å². The SMILES string of the molecule is CCNCC(C)c1nc2ccccc2n1CCOC. The molecule has 0 aliphatic rings. The Morgan fingerprint density at radius 2 is 2.16 bits per heavy atom. The number of nitrogens with zero attached hydrogens (tertiary/aromatic N) is 2. The molecule has 4 heteroatoms. The average molecular weight is 261 g/mol. The van der Waals surface area contributed by atoms with E-state index >= 15 is 0 Å². The van der Waals surface area contributed by atoms with E-state index in [0.717, 1.165) is 31.0 Å². The molecule has 1 N–H and O–H groups in total. The van der Waals surface area contributed by atoms with Crippen LogP contribution in [0.2, 0.25) is 0 Å². The maximum atomic E-state index is 5.22. The van der Waals surface area contributed by atoms with E-state index < -0.39 is 0 Å². The molecule has 2 rings (SSSR count). The van der Waals surface area contributed by atoms with Crippen LogP contribution in [0, 0.1) is 0 Å². The number of ether oxygens (including phenoxy) is 1. The van der Waals surface area contributed by atoms with Gasteiger partial charge in [-0.15, -0.1) is 0 Å². The van der Waals surface area contributed by atoms with Gasteiger partial charge in [-0.25, -0.2) is 4.98 Å². The summed E-state index contributed by atoms with van der Waals surface area (Å²) in [5.74, 6) is 1.53. The van der Waals surface area contributed by atoms with Gasteiger partial charge in [0.15, 0.2) is 0 Å². The number of nitrogens with one attached hydrogen (secondary N) is 1. The minimum Gasteiger partial charge on any atom is -0.383 e. The number of rotatable bonds is 7. The number of imidazole rings is 1. The van der Waals surface area contributed by atoms with Crippen LogP contribution >= 0.6 is 0 Å². The Labute approximate surface area is 114 Å². The Morgan fingerprint density at radius 3 is 2.89 bits per heavy atom. The van der Waals surface area contributed by atoms with Gasteiger partial charge in [-0.2, -0.15) is 0 Å². The molecule has 0 bridgehead atoms. The first-order chi connectivity index (χ1) is 9.27. The first kappa shape index (κ1) is 14.0. The highest BCUT2D eigenvalue weighted by Gasteiger charge is 2.15.